The number of hydrogen-bond donors (Lipinski definition) is 2. The van der Waals surface area contributed by atoms with Gasteiger partial charge in [-0.2, -0.15) is 30.3 Å². The molecule has 0 saturated heterocycles. The number of aliphatic hydroxyl groups is 2. The Balaban J connectivity index is 0.00000306. The van der Waals surface area contributed by atoms with Crippen LogP contribution in [0, 0.1) is 25.5 Å². The van der Waals surface area contributed by atoms with Gasteiger partial charge in [0.15, 0.2) is 0 Å². The predicted octanol–water partition coefficient (Wildman–Crippen LogP) is 5.10. The first-order valence-corrected chi connectivity index (χ1v) is 11.8. The van der Waals surface area contributed by atoms with E-state index in [1.807, 2.05) is 48.5 Å². The fourth-order valence-corrected chi connectivity index (χ4v) is 5.53. The summed E-state index contributed by atoms with van der Waals surface area (Å²) < 4.78 is 5.95. The molecule has 1 fully saturated rings. The van der Waals surface area contributed by atoms with E-state index < -0.39 is 12.2 Å². The van der Waals surface area contributed by atoms with E-state index in [1.165, 1.54) is 9.75 Å². The molecule has 1 aromatic heterocycles. The third-order valence-electron chi connectivity index (χ3n) is 6.27. The first kappa shape index (κ1) is 26.2. The molecule has 1 heterocycles. The van der Waals surface area contributed by atoms with Crippen molar-refractivity contribution in [1.29, 1.82) is 0 Å². The van der Waals surface area contributed by atoms with Gasteiger partial charge in [-0.15, -0.1) is 16.9 Å². The van der Waals surface area contributed by atoms with Crippen LogP contribution >= 0.6 is 11.3 Å². The Morgan fingerprint density at radius 2 is 2.00 bits per heavy atom. The average molecular weight is 535 g/mol. The minimum Gasteiger partial charge on any atom is -0.392 e. The van der Waals surface area contributed by atoms with Crippen LogP contribution in [0.25, 0.3) is 4.85 Å². The summed E-state index contributed by atoms with van der Waals surface area (Å²) in [5, 5.41) is 21.4. The molecule has 3 unspecified atom stereocenters. The van der Waals surface area contributed by atoms with Gasteiger partial charge in [0.25, 0.3) is 0 Å². The Bertz CT molecular complexity index is 1050. The number of benzene rings is 2. The van der Waals surface area contributed by atoms with E-state index in [9.17, 15) is 10.2 Å². The predicted molar refractivity (Wildman–Crippen MR) is 126 cm³/mol. The first-order valence-electron chi connectivity index (χ1n) is 11.0. The van der Waals surface area contributed by atoms with Crippen molar-refractivity contribution in [3.05, 3.63) is 105 Å². The number of nitrogens with zero attached hydrogens (tertiary/aromatic N) is 1. The molecular formula is C27H28NO3SY-. The number of ether oxygens (including phenoxy) is 1. The summed E-state index contributed by atoms with van der Waals surface area (Å²) in [7, 11) is 0. The maximum atomic E-state index is 10.8. The van der Waals surface area contributed by atoms with Crippen LogP contribution in [0.5, 0.6) is 0 Å². The van der Waals surface area contributed by atoms with Gasteiger partial charge < -0.3 is 19.8 Å². The number of aryl methyl sites for hydroxylation is 1. The fourth-order valence-electron chi connectivity index (χ4n) is 4.60. The third kappa shape index (κ3) is 6.60. The van der Waals surface area contributed by atoms with E-state index in [1.54, 1.807) is 11.3 Å². The van der Waals surface area contributed by atoms with Crippen LogP contribution in [-0.2, 0) is 50.5 Å². The molecule has 3 aromatic rings. The van der Waals surface area contributed by atoms with E-state index in [2.05, 4.69) is 30.0 Å². The van der Waals surface area contributed by atoms with Crippen LogP contribution < -0.4 is 0 Å². The van der Waals surface area contributed by atoms with Crippen LogP contribution in [-0.4, -0.2) is 29.0 Å². The van der Waals surface area contributed by atoms with Crippen molar-refractivity contribution in [1.82, 2.24) is 0 Å². The van der Waals surface area contributed by atoms with E-state index in [-0.39, 0.29) is 50.6 Å². The summed E-state index contributed by atoms with van der Waals surface area (Å²) in [6, 6.07) is 22.4. The molecule has 0 spiro atoms. The Kier molecular flexibility index (Phi) is 9.82. The van der Waals surface area contributed by atoms with Crippen LogP contribution in [0.3, 0.4) is 0 Å². The van der Waals surface area contributed by atoms with Gasteiger partial charge in [-0.1, -0.05) is 24.3 Å². The van der Waals surface area contributed by atoms with Gasteiger partial charge in [0, 0.05) is 67.8 Å². The zero-order chi connectivity index (χ0) is 22.5. The SMILES string of the molecule is [C-]#[N+][C@@H]1C[C@@H](O)C(c2ccc(C(O)Cc3ccc(C)s3)cc2)C1COCc1c[c-]ccc1.[Y]. The molecule has 0 amide bonds. The van der Waals surface area contributed by atoms with Crippen LogP contribution in [0.15, 0.2) is 60.7 Å². The molecule has 1 radical (unpaired) electrons. The van der Waals surface area contributed by atoms with Gasteiger partial charge in [-0.25, -0.2) is 6.57 Å². The number of rotatable bonds is 8. The second-order valence-electron chi connectivity index (χ2n) is 8.51. The molecule has 1 saturated carbocycles. The Labute approximate surface area is 225 Å². The molecular weight excluding hydrogens is 507 g/mol. The van der Waals surface area contributed by atoms with Gasteiger partial charge in [0.05, 0.1) is 24.7 Å². The molecule has 4 nitrogen and oxygen atoms in total. The van der Waals surface area contributed by atoms with Crippen LogP contribution in [0.1, 0.15) is 44.9 Å². The first-order chi connectivity index (χ1) is 15.5. The number of hydrogen-bond acceptors (Lipinski definition) is 4. The van der Waals surface area contributed by atoms with Crippen molar-refractivity contribution in [2.75, 3.05) is 6.61 Å². The summed E-state index contributed by atoms with van der Waals surface area (Å²) in [6.45, 7) is 10.5. The maximum absolute atomic E-state index is 10.8. The smallest absolute Gasteiger partial charge is 0.231 e. The average Bonchev–Trinajstić information content (AvgIpc) is 3.36. The molecule has 2 N–H and O–H groups in total. The van der Waals surface area contributed by atoms with E-state index in [4.69, 9.17) is 11.3 Å². The van der Waals surface area contributed by atoms with Crippen molar-refractivity contribution in [3.8, 4) is 0 Å². The molecule has 33 heavy (non-hydrogen) atoms. The number of thiophene rings is 1. The minimum absolute atomic E-state index is 0. The third-order valence-corrected chi connectivity index (χ3v) is 7.29. The Morgan fingerprint density at radius 3 is 2.64 bits per heavy atom. The second-order valence-corrected chi connectivity index (χ2v) is 9.89. The minimum atomic E-state index is -0.572. The summed E-state index contributed by atoms with van der Waals surface area (Å²) in [5.74, 6) is -0.220. The van der Waals surface area contributed by atoms with Gasteiger partial charge >= 0.3 is 0 Å². The van der Waals surface area contributed by atoms with E-state index in [0.717, 1.165) is 16.7 Å². The van der Waals surface area contributed by atoms with Crippen LogP contribution in [0.2, 0.25) is 0 Å². The van der Waals surface area contributed by atoms with Gasteiger partial charge in [-0.05, 0) is 30.2 Å². The van der Waals surface area contributed by atoms with Gasteiger partial charge in [0.1, 0.15) is 0 Å². The van der Waals surface area contributed by atoms with Crippen molar-refractivity contribution in [2.24, 2.45) is 5.92 Å². The topological polar surface area (TPSA) is 54.0 Å². The normalized spacial score (nSPS) is 23.0. The molecule has 6 heteroatoms. The Morgan fingerprint density at radius 1 is 1.21 bits per heavy atom. The summed E-state index contributed by atoms with van der Waals surface area (Å²) >= 11 is 1.71. The standard InChI is InChI=1S/C27H28NO3S.Y/c1-18-8-13-22(32-18)14-25(29)20-9-11-21(12-10-20)27-23(24(28-2)15-26(27)30)17-31-16-19-6-4-3-5-7-19;/h3-4,6-13,23-27,29-30H,14-17H2,1H3;/q-1;/t23?,24-,25?,26-,27?;/m1./s1. The summed E-state index contributed by atoms with van der Waals surface area (Å²) in [6.07, 6.45) is -0.0773. The molecule has 2 aromatic carbocycles. The largest absolute Gasteiger partial charge is 0.392 e. The molecule has 0 bridgehead atoms. The van der Waals surface area contributed by atoms with E-state index >= 15 is 0 Å². The molecule has 4 rings (SSSR count). The van der Waals surface area contributed by atoms with Crippen molar-refractivity contribution < 1.29 is 47.7 Å². The monoisotopic (exact) mass is 535 g/mol. The summed E-state index contributed by atoms with van der Waals surface area (Å²) in [4.78, 5) is 6.19. The summed E-state index contributed by atoms with van der Waals surface area (Å²) in [5.41, 5.74) is 2.90. The molecule has 5 atom stereocenters. The molecule has 0 aliphatic heterocycles. The number of aliphatic hydroxyl groups excluding tert-OH is 2. The van der Waals surface area contributed by atoms with Crippen molar-refractivity contribution in [2.45, 2.75) is 50.5 Å². The molecule has 169 valence electrons. The van der Waals surface area contributed by atoms with Crippen LogP contribution in [0.4, 0.5) is 0 Å². The van der Waals surface area contributed by atoms with Gasteiger partial charge in [-0.3, -0.25) is 0 Å². The quantitative estimate of drug-likeness (QED) is 0.395. The zero-order valence-corrected chi connectivity index (χ0v) is 22.4. The van der Waals surface area contributed by atoms with E-state index in [0.29, 0.717) is 26.1 Å². The Hall–Kier alpha value is -1.39. The van der Waals surface area contributed by atoms with Crippen molar-refractivity contribution in [3.63, 3.8) is 0 Å². The van der Waals surface area contributed by atoms with Crippen molar-refractivity contribution >= 4 is 11.3 Å². The maximum Gasteiger partial charge on any atom is 0.231 e. The second kappa shape index (κ2) is 12.4. The van der Waals surface area contributed by atoms with Gasteiger partial charge in [0.2, 0.25) is 6.04 Å². The fraction of sp³-hybridized carbons (Fsp3) is 0.370. The molecule has 1 aliphatic carbocycles. The zero-order valence-electron chi connectivity index (χ0n) is 18.7. The molecule has 1 aliphatic rings.